The predicted octanol–water partition coefficient (Wildman–Crippen LogP) is 1.80. The number of carbonyl (C=O) groups excluding carboxylic acids is 1. The van der Waals surface area contributed by atoms with E-state index in [9.17, 15) is 4.79 Å². The first kappa shape index (κ1) is 14.7. The lowest BCUT2D eigenvalue weighted by molar-refractivity contribution is -0.129. The molecule has 110 valence electrons. The number of hydrogen-bond donors (Lipinski definition) is 0. The second-order valence-corrected chi connectivity index (χ2v) is 4.70. The number of hydrogen-bond acceptors (Lipinski definition) is 5. The molecule has 1 heterocycles. The van der Waals surface area contributed by atoms with Crippen LogP contribution in [0, 0.1) is 5.92 Å². The summed E-state index contributed by atoms with van der Waals surface area (Å²) in [5.74, 6) is 0.692. The van der Waals surface area contributed by atoms with Gasteiger partial charge in [-0.05, 0) is 25.8 Å². The van der Waals surface area contributed by atoms with Gasteiger partial charge in [-0.2, -0.15) is 0 Å². The average molecular weight is 280 g/mol. The molecule has 0 aromatic carbocycles. The lowest BCUT2D eigenvalue weighted by Crippen LogP contribution is -2.36. The molecule has 1 atom stereocenters. The van der Waals surface area contributed by atoms with Crippen molar-refractivity contribution in [3.05, 3.63) is 18.3 Å². The minimum atomic E-state index is -0.365. The van der Waals surface area contributed by atoms with E-state index in [-0.39, 0.29) is 24.8 Å². The Morgan fingerprint density at radius 1 is 1.45 bits per heavy atom. The van der Waals surface area contributed by atoms with Gasteiger partial charge in [0.15, 0.2) is 6.29 Å². The van der Waals surface area contributed by atoms with Crippen molar-refractivity contribution >= 4 is 11.6 Å². The Hall–Kier alpha value is -1.66. The van der Waals surface area contributed by atoms with Gasteiger partial charge >= 0.3 is 0 Å². The van der Waals surface area contributed by atoms with E-state index >= 15 is 0 Å². The fourth-order valence-corrected chi connectivity index (χ4v) is 1.72. The van der Waals surface area contributed by atoms with Gasteiger partial charge in [-0.1, -0.05) is 0 Å². The van der Waals surface area contributed by atoms with Gasteiger partial charge in [0.05, 0.1) is 19.0 Å². The molecule has 0 N–H and O–H groups in total. The summed E-state index contributed by atoms with van der Waals surface area (Å²) in [7, 11) is 3.12. The van der Waals surface area contributed by atoms with E-state index in [1.165, 1.54) is 0 Å². The Kier molecular flexibility index (Phi) is 4.92. The maximum atomic E-state index is 12.3. The molecule has 1 saturated carbocycles. The van der Waals surface area contributed by atoms with Crippen LogP contribution in [0.3, 0.4) is 0 Å². The topological polar surface area (TPSA) is 60.9 Å². The fraction of sp³-hybridized carbons (Fsp3) is 0.571. The summed E-state index contributed by atoms with van der Waals surface area (Å²) in [5.41, 5.74) is 0.700. The third-order valence-electron chi connectivity index (χ3n) is 3.20. The van der Waals surface area contributed by atoms with Crippen molar-refractivity contribution < 1.29 is 19.0 Å². The molecule has 1 amide bonds. The summed E-state index contributed by atoms with van der Waals surface area (Å²) in [4.78, 5) is 18.0. The van der Waals surface area contributed by atoms with Crippen molar-refractivity contribution in [2.45, 2.75) is 26.1 Å². The Bertz CT molecular complexity index is 445. The number of pyridine rings is 1. The largest absolute Gasteiger partial charge is 0.481 e. The smallest absolute Gasteiger partial charge is 0.232 e. The quantitative estimate of drug-likeness (QED) is 0.713. The molecule has 1 aromatic rings. The molecule has 0 aliphatic heterocycles. The zero-order valence-corrected chi connectivity index (χ0v) is 12.0. The summed E-state index contributed by atoms with van der Waals surface area (Å²) in [6, 6.07) is 3.52. The maximum Gasteiger partial charge on any atom is 0.232 e. The molecule has 1 aliphatic rings. The first-order chi connectivity index (χ1) is 9.65. The summed E-state index contributed by atoms with van der Waals surface area (Å²) < 4.78 is 15.5. The van der Waals surface area contributed by atoms with E-state index in [0.717, 1.165) is 12.8 Å². The highest BCUT2D eigenvalue weighted by Crippen LogP contribution is 2.32. The molecule has 6 nitrogen and oxygen atoms in total. The van der Waals surface area contributed by atoms with Gasteiger partial charge in [0.1, 0.15) is 6.73 Å². The number of amides is 1. The highest BCUT2D eigenvalue weighted by atomic mass is 16.7. The van der Waals surface area contributed by atoms with Crippen LogP contribution in [0.25, 0.3) is 0 Å². The van der Waals surface area contributed by atoms with Crippen LogP contribution in [0.2, 0.25) is 0 Å². The van der Waals surface area contributed by atoms with Gasteiger partial charge in [0, 0.05) is 19.1 Å². The molecule has 0 saturated heterocycles. The van der Waals surface area contributed by atoms with Crippen LogP contribution in [-0.2, 0) is 14.3 Å². The van der Waals surface area contributed by atoms with Crippen LogP contribution < -0.4 is 9.64 Å². The molecule has 0 radical (unpaired) electrons. The summed E-state index contributed by atoms with van der Waals surface area (Å²) in [5, 5.41) is 0. The normalized spacial score (nSPS) is 15.8. The average Bonchev–Trinajstić information content (AvgIpc) is 3.32. The first-order valence-electron chi connectivity index (χ1n) is 6.61. The van der Waals surface area contributed by atoms with Crippen LogP contribution >= 0.6 is 0 Å². The number of methoxy groups -OCH3 is 2. The molecular weight excluding hydrogens is 260 g/mol. The number of ether oxygens (including phenoxy) is 3. The predicted molar refractivity (Wildman–Crippen MR) is 73.4 cm³/mol. The number of aromatic nitrogens is 1. The van der Waals surface area contributed by atoms with Crippen molar-refractivity contribution in [3.63, 3.8) is 0 Å². The molecule has 1 unspecified atom stereocenters. The summed E-state index contributed by atoms with van der Waals surface area (Å²) in [6.45, 7) is 1.93. The second-order valence-electron chi connectivity index (χ2n) is 4.70. The molecule has 1 aliphatic carbocycles. The van der Waals surface area contributed by atoms with Crippen LogP contribution in [0.1, 0.15) is 19.8 Å². The van der Waals surface area contributed by atoms with Crippen LogP contribution in [0.4, 0.5) is 5.69 Å². The second kappa shape index (κ2) is 6.67. The lowest BCUT2D eigenvalue weighted by atomic mass is 10.3. The van der Waals surface area contributed by atoms with Crippen LogP contribution in [0.15, 0.2) is 18.3 Å². The maximum absolute atomic E-state index is 12.3. The Balaban J connectivity index is 2.09. The Morgan fingerprint density at radius 2 is 2.20 bits per heavy atom. The van der Waals surface area contributed by atoms with E-state index in [1.807, 2.05) is 0 Å². The molecule has 6 heteroatoms. The Morgan fingerprint density at radius 3 is 2.70 bits per heavy atom. The first-order valence-corrected chi connectivity index (χ1v) is 6.61. The monoisotopic (exact) mass is 280 g/mol. The number of nitrogens with zero attached hydrogens (tertiary/aromatic N) is 2. The molecule has 0 bridgehead atoms. The molecule has 1 fully saturated rings. The highest BCUT2D eigenvalue weighted by Gasteiger charge is 2.34. The van der Waals surface area contributed by atoms with Crippen molar-refractivity contribution in [2.24, 2.45) is 5.92 Å². The van der Waals surface area contributed by atoms with E-state index in [0.29, 0.717) is 11.6 Å². The molecule has 1 aromatic heterocycles. The third kappa shape index (κ3) is 3.68. The zero-order chi connectivity index (χ0) is 14.5. The van der Waals surface area contributed by atoms with Gasteiger partial charge < -0.3 is 14.2 Å². The van der Waals surface area contributed by atoms with E-state index in [1.54, 1.807) is 44.4 Å². The van der Waals surface area contributed by atoms with Gasteiger partial charge in [0.25, 0.3) is 0 Å². The van der Waals surface area contributed by atoms with Gasteiger partial charge in [-0.15, -0.1) is 0 Å². The number of anilines is 1. The summed E-state index contributed by atoms with van der Waals surface area (Å²) >= 11 is 0. The SMILES string of the molecule is COc1ccc(N(COC(C)OC)C(=O)C2CC2)cn1. The van der Waals surface area contributed by atoms with E-state index in [2.05, 4.69) is 4.98 Å². The molecular formula is C14H20N2O4. The van der Waals surface area contributed by atoms with E-state index < -0.39 is 0 Å². The van der Waals surface area contributed by atoms with Gasteiger partial charge in [0.2, 0.25) is 11.8 Å². The standard InChI is InChI=1S/C14H20N2O4/c1-10(18-2)20-9-16(14(17)11-4-5-11)12-6-7-13(19-3)15-8-12/h6-8,10-11H,4-5,9H2,1-3H3. The lowest BCUT2D eigenvalue weighted by Gasteiger charge is -2.24. The Labute approximate surface area is 118 Å². The van der Waals surface area contributed by atoms with E-state index in [4.69, 9.17) is 14.2 Å². The number of rotatable bonds is 7. The van der Waals surface area contributed by atoms with Gasteiger partial charge in [-0.3, -0.25) is 9.69 Å². The highest BCUT2D eigenvalue weighted by molar-refractivity contribution is 5.96. The fourth-order valence-electron chi connectivity index (χ4n) is 1.72. The molecule has 0 spiro atoms. The van der Waals surface area contributed by atoms with Crippen molar-refractivity contribution in [2.75, 3.05) is 25.9 Å². The zero-order valence-electron chi connectivity index (χ0n) is 12.0. The third-order valence-corrected chi connectivity index (χ3v) is 3.20. The molecule has 2 rings (SSSR count). The van der Waals surface area contributed by atoms with Crippen molar-refractivity contribution in [3.8, 4) is 5.88 Å². The van der Waals surface area contributed by atoms with Crippen molar-refractivity contribution in [1.82, 2.24) is 4.98 Å². The molecule has 20 heavy (non-hydrogen) atoms. The minimum Gasteiger partial charge on any atom is -0.481 e. The van der Waals surface area contributed by atoms with Crippen LogP contribution in [0.5, 0.6) is 5.88 Å². The number of carbonyl (C=O) groups is 1. The van der Waals surface area contributed by atoms with Gasteiger partial charge in [-0.25, -0.2) is 4.98 Å². The minimum absolute atomic E-state index is 0.0697. The van der Waals surface area contributed by atoms with Crippen molar-refractivity contribution in [1.29, 1.82) is 0 Å². The van der Waals surface area contributed by atoms with Crippen LogP contribution in [-0.4, -0.2) is 38.1 Å². The summed E-state index contributed by atoms with van der Waals surface area (Å²) in [6.07, 6.45) is 3.13.